The van der Waals surface area contributed by atoms with Gasteiger partial charge in [-0.15, -0.1) is 0 Å². The molecule has 0 saturated heterocycles. The molecule has 5 rings (SSSR count). The van der Waals surface area contributed by atoms with Gasteiger partial charge in [-0.3, -0.25) is 4.79 Å². The smallest absolute Gasteiger partial charge is 0.137 e. The third kappa shape index (κ3) is 2.77. The first kappa shape index (κ1) is 23.4. The fourth-order valence-corrected chi connectivity index (χ4v) is 11.0. The van der Waals surface area contributed by atoms with Gasteiger partial charge in [-0.2, -0.15) is 0 Å². The summed E-state index contributed by atoms with van der Waals surface area (Å²) in [5, 5.41) is 10.9. The normalized spacial score (nSPS) is 56.4. The molecule has 5 fully saturated rings. The van der Waals surface area contributed by atoms with Crippen molar-refractivity contribution < 1.29 is 9.90 Å². The van der Waals surface area contributed by atoms with E-state index in [1.165, 1.54) is 44.9 Å². The van der Waals surface area contributed by atoms with Crippen LogP contribution in [0.4, 0.5) is 0 Å². The third-order valence-corrected chi connectivity index (χ3v) is 13.4. The summed E-state index contributed by atoms with van der Waals surface area (Å²) in [4.78, 5) is 14.2. The number of Topliss-reactive ketones (excluding diaryl/α,β-unsaturated/α-hetero) is 1. The van der Waals surface area contributed by atoms with Crippen LogP contribution in [0.15, 0.2) is 0 Å². The summed E-state index contributed by atoms with van der Waals surface area (Å²) in [6.45, 7) is 19.7. The van der Waals surface area contributed by atoms with E-state index >= 15 is 0 Å². The molecule has 0 aromatic heterocycles. The minimum absolute atomic E-state index is 0.0480. The molecule has 1 N–H and O–H groups in total. The molecule has 0 radical (unpaired) electrons. The molecule has 0 heterocycles. The Kier molecular flexibility index (Phi) is 4.85. The number of aliphatic hydroxyl groups is 1. The topological polar surface area (TPSA) is 37.3 Å². The highest BCUT2D eigenvalue weighted by Crippen LogP contribution is 2.76. The first-order valence-corrected chi connectivity index (χ1v) is 13.8. The Morgan fingerprint density at radius 1 is 0.750 bits per heavy atom. The largest absolute Gasteiger partial charge is 0.393 e. The van der Waals surface area contributed by atoms with Crippen molar-refractivity contribution in [2.45, 2.75) is 126 Å². The van der Waals surface area contributed by atoms with Crippen LogP contribution < -0.4 is 0 Å². The fourth-order valence-electron chi connectivity index (χ4n) is 11.0. The molecule has 0 aliphatic heterocycles. The molecule has 0 aromatic carbocycles. The first-order chi connectivity index (χ1) is 14.6. The Morgan fingerprint density at radius 2 is 1.41 bits per heavy atom. The highest BCUT2D eigenvalue weighted by molar-refractivity contribution is 5.84. The summed E-state index contributed by atoms with van der Waals surface area (Å²) in [5.41, 5.74) is 1.21. The minimum atomic E-state index is -0.201. The zero-order chi connectivity index (χ0) is 23.5. The van der Waals surface area contributed by atoms with Gasteiger partial charge in [-0.05, 0) is 108 Å². The molecule has 32 heavy (non-hydrogen) atoms. The van der Waals surface area contributed by atoms with Gasteiger partial charge < -0.3 is 5.11 Å². The van der Waals surface area contributed by atoms with E-state index in [1.807, 2.05) is 0 Å². The van der Waals surface area contributed by atoms with Crippen LogP contribution in [0.5, 0.6) is 0 Å². The number of ketones is 1. The van der Waals surface area contributed by atoms with E-state index in [-0.39, 0.29) is 33.7 Å². The second kappa shape index (κ2) is 6.64. The molecule has 0 aromatic rings. The van der Waals surface area contributed by atoms with Crippen LogP contribution in [0.2, 0.25) is 0 Å². The van der Waals surface area contributed by atoms with Crippen molar-refractivity contribution in [2.75, 3.05) is 0 Å². The maximum absolute atomic E-state index is 14.2. The molecule has 0 amide bonds. The van der Waals surface area contributed by atoms with Crippen LogP contribution in [0.1, 0.15) is 120 Å². The number of carbonyl (C=O) groups is 1. The lowest BCUT2D eigenvalue weighted by Crippen LogP contribution is -2.69. The number of hydrogen-bond acceptors (Lipinski definition) is 2. The van der Waals surface area contributed by atoms with Gasteiger partial charge >= 0.3 is 0 Å². The molecular formula is C30H50O2. The molecule has 5 aliphatic rings. The Morgan fingerprint density at radius 3 is 2.09 bits per heavy atom. The molecule has 0 unspecified atom stereocenters. The predicted molar refractivity (Wildman–Crippen MR) is 131 cm³/mol. The Labute approximate surface area is 197 Å². The maximum atomic E-state index is 14.2. The van der Waals surface area contributed by atoms with Crippen LogP contribution in [0, 0.1) is 56.2 Å². The standard InChI is InChI=1S/C30H50O2/c1-25(2)13-14-27(5)15-16-30(8)24(19(27)18-25)20(31)17-22-28(6)11-10-23(32)26(3,4)21(28)9-12-29(22,30)7/h19,21-24,32H,9-18H2,1-8H3/t19-,21-,22+,23-,24-,27+,28-,29+,30+/m0/s1. The number of rotatable bonds is 0. The van der Waals surface area contributed by atoms with Gasteiger partial charge in [0.1, 0.15) is 5.78 Å². The number of carbonyl (C=O) groups excluding carboxylic acids is 1. The summed E-state index contributed by atoms with van der Waals surface area (Å²) >= 11 is 0. The van der Waals surface area contributed by atoms with Crippen molar-refractivity contribution in [1.29, 1.82) is 0 Å². The molecule has 9 atom stereocenters. The van der Waals surface area contributed by atoms with Crippen molar-refractivity contribution in [3.8, 4) is 0 Å². The van der Waals surface area contributed by atoms with Crippen molar-refractivity contribution in [3.63, 3.8) is 0 Å². The third-order valence-electron chi connectivity index (χ3n) is 13.4. The molecular weight excluding hydrogens is 392 g/mol. The van der Waals surface area contributed by atoms with E-state index in [0.717, 1.165) is 19.3 Å². The van der Waals surface area contributed by atoms with E-state index in [4.69, 9.17) is 0 Å². The second-order valence-corrected chi connectivity index (χ2v) is 15.6. The predicted octanol–water partition coefficient (Wildman–Crippen LogP) is 7.43. The molecule has 182 valence electrons. The summed E-state index contributed by atoms with van der Waals surface area (Å²) in [7, 11) is 0. The van der Waals surface area contributed by atoms with E-state index in [2.05, 4.69) is 55.4 Å². The minimum Gasteiger partial charge on any atom is -0.393 e. The Hall–Kier alpha value is -0.370. The monoisotopic (exact) mass is 442 g/mol. The summed E-state index contributed by atoms with van der Waals surface area (Å²) < 4.78 is 0. The van der Waals surface area contributed by atoms with Crippen molar-refractivity contribution in [1.82, 2.24) is 0 Å². The van der Waals surface area contributed by atoms with Crippen molar-refractivity contribution in [2.24, 2.45) is 56.2 Å². The van der Waals surface area contributed by atoms with Gasteiger partial charge in [-0.1, -0.05) is 55.4 Å². The summed E-state index contributed by atoms with van der Waals surface area (Å²) in [5.74, 6) is 2.41. The van der Waals surface area contributed by atoms with E-state index in [9.17, 15) is 9.90 Å². The molecule has 5 aliphatic carbocycles. The molecule has 5 saturated carbocycles. The van der Waals surface area contributed by atoms with E-state index in [1.54, 1.807) is 0 Å². The molecule has 2 heteroatoms. The molecule has 0 bridgehead atoms. The second-order valence-electron chi connectivity index (χ2n) is 15.6. The van der Waals surface area contributed by atoms with Crippen LogP contribution >= 0.6 is 0 Å². The number of aliphatic hydroxyl groups excluding tert-OH is 1. The zero-order valence-electron chi connectivity index (χ0n) is 22.3. The van der Waals surface area contributed by atoms with Crippen LogP contribution in [-0.4, -0.2) is 17.0 Å². The number of hydrogen-bond donors (Lipinski definition) is 1. The highest BCUT2D eigenvalue weighted by atomic mass is 16.3. The van der Waals surface area contributed by atoms with Crippen molar-refractivity contribution in [3.05, 3.63) is 0 Å². The fraction of sp³-hybridized carbons (Fsp3) is 0.967. The Bertz CT molecular complexity index is 812. The van der Waals surface area contributed by atoms with E-state index in [0.29, 0.717) is 34.4 Å². The average Bonchev–Trinajstić information content (AvgIpc) is 2.68. The van der Waals surface area contributed by atoms with Gasteiger partial charge in [0.15, 0.2) is 0 Å². The Balaban J connectivity index is 1.57. The zero-order valence-corrected chi connectivity index (χ0v) is 22.3. The van der Waals surface area contributed by atoms with Gasteiger partial charge in [0, 0.05) is 12.3 Å². The van der Waals surface area contributed by atoms with Gasteiger partial charge in [-0.25, -0.2) is 0 Å². The highest BCUT2D eigenvalue weighted by Gasteiger charge is 2.71. The summed E-state index contributed by atoms with van der Waals surface area (Å²) in [6, 6.07) is 0. The number of fused-ring (bicyclic) bond motifs is 7. The summed E-state index contributed by atoms with van der Waals surface area (Å²) in [6.07, 6.45) is 11.4. The lowest BCUT2D eigenvalue weighted by Gasteiger charge is -2.73. The van der Waals surface area contributed by atoms with Crippen LogP contribution in [-0.2, 0) is 4.79 Å². The first-order valence-electron chi connectivity index (χ1n) is 13.8. The van der Waals surface area contributed by atoms with Crippen LogP contribution in [0.25, 0.3) is 0 Å². The molecule has 0 spiro atoms. The SMILES string of the molecule is CC1(C)CC[C@]2(C)CC[C@]3(C)[C@H](C(=O)C[C@@H]4[C@@]5(C)CC[C@H](O)C(C)(C)[C@@H]5CC[C@]43C)[C@@H]2C1. The van der Waals surface area contributed by atoms with Gasteiger partial charge in [0.2, 0.25) is 0 Å². The van der Waals surface area contributed by atoms with Gasteiger partial charge in [0.05, 0.1) is 6.10 Å². The average molecular weight is 443 g/mol. The van der Waals surface area contributed by atoms with Crippen molar-refractivity contribution >= 4 is 5.78 Å². The lowest BCUT2D eigenvalue weighted by molar-refractivity contribution is -0.244. The quantitative estimate of drug-likeness (QED) is 0.423. The maximum Gasteiger partial charge on any atom is 0.137 e. The van der Waals surface area contributed by atoms with Gasteiger partial charge in [0.25, 0.3) is 0 Å². The lowest BCUT2D eigenvalue weighted by atomic mass is 9.31. The molecule has 2 nitrogen and oxygen atoms in total. The van der Waals surface area contributed by atoms with Crippen LogP contribution in [0.3, 0.4) is 0 Å². The van der Waals surface area contributed by atoms with E-state index < -0.39 is 0 Å².